The van der Waals surface area contributed by atoms with Crippen molar-refractivity contribution in [1.82, 2.24) is 0 Å². The van der Waals surface area contributed by atoms with Crippen LogP contribution in [0.4, 0.5) is 0 Å². The Morgan fingerprint density at radius 2 is 2.06 bits per heavy atom. The van der Waals surface area contributed by atoms with Crippen molar-refractivity contribution >= 4 is 5.78 Å². The summed E-state index contributed by atoms with van der Waals surface area (Å²) in [6.07, 6.45) is 8.70. The number of ether oxygens (including phenoxy) is 1. The van der Waals surface area contributed by atoms with Gasteiger partial charge in [0.05, 0.1) is 6.04 Å². The van der Waals surface area contributed by atoms with E-state index in [1.54, 1.807) is 7.11 Å². The number of methoxy groups -OCH3 is 1. The predicted molar refractivity (Wildman–Crippen MR) is 65.3 cm³/mol. The maximum Gasteiger partial charge on any atom is 0.149 e. The van der Waals surface area contributed by atoms with E-state index < -0.39 is 0 Å². The van der Waals surface area contributed by atoms with Gasteiger partial charge >= 0.3 is 0 Å². The third-order valence-electron chi connectivity index (χ3n) is 3.49. The van der Waals surface area contributed by atoms with Gasteiger partial charge in [-0.1, -0.05) is 32.1 Å². The molecule has 0 amide bonds. The Balaban J connectivity index is 2.16. The van der Waals surface area contributed by atoms with E-state index in [0.29, 0.717) is 18.9 Å². The number of hydrogen-bond acceptors (Lipinski definition) is 3. The Morgan fingerprint density at radius 1 is 1.38 bits per heavy atom. The van der Waals surface area contributed by atoms with Crippen LogP contribution in [0.1, 0.15) is 51.4 Å². The van der Waals surface area contributed by atoms with Gasteiger partial charge in [0.2, 0.25) is 0 Å². The number of ketones is 1. The number of carbonyl (C=O) groups excluding carboxylic acids is 1. The second-order valence-electron chi connectivity index (χ2n) is 4.92. The van der Waals surface area contributed by atoms with Crippen LogP contribution in [0.2, 0.25) is 0 Å². The van der Waals surface area contributed by atoms with Gasteiger partial charge in [0.25, 0.3) is 0 Å². The molecule has 0 aromatic carbocycles. The fourth-order valence-corrected chi connectivity index (χ4v) is 2.44. The van der Waals surface area contributed by atoms with E-state index in [9.17, 15) is 4.79 Å². The number of Topliss-reactive ketones (excluding diaryl/α,β-unsaturated/α-hetero) is 1. The summed E-state index contributed by atoms with van der Waals surface area (Å²) >= 11 is 0. The molecule has 3 heteroatoms. The molecule has 94 valence electrons. The van der Waals surface area contributed by atoms with Crippen LogP contribution in [0.15, 0.2) is 0 Å². The lowest BCUT2D eigenvalue weighted by atomic mass is 9.84. The predicted octanol–water partition coefficient (Wildman–Crippen LogP) is 2.28. The fraction of sp³-hybridized carbons (Fsp3) is 0.923. The van der Waals surface area contributed by atoms with E-state index in [4.69, 9.17) is 10.5 Å². The standard InChI is InChI=1S/C13H25NO2/c1-16-9-5-8-12(14)13(15)10-11-6-3-2-4-7-11/h11-12H,2-10,14H2,1H3. The van der Waals surface area contributed by atoms with E-state index in [-0.39, 0.29) is 11.8 Å². The molecule has 0 aliphatic heterocycles. The van der Waals surface area contributed by atoms with Crippen molar-refractivity contribution in [3.05, 3.63) is 0 Å². The molecule has 0 aromatic rings. The summed E-state index contributed by atoms with van der Waals surface area (Å²) in [4.78, 5) is 11.8. The van der Waals surface area contributed by atoms with Crippen molar-refractivity contribution in [2.45, 2.75) is 57.4 Å². The van der Waals surface area contributed by atoms with Crippen molar-refractivity contribution in [3.8, 4) is 0 Å². The van der Waals surface area contributed by atoms with E-state index in [1.165, 1.54) is 32.1 Å². The molecule has 1 fully saturated rings. The van der Waals surface area contributed by atoms with Gasteiger partial charge in [0.1, 0.15) is 5.78 Å². The largest absolute Gasteiger partial charge is 0.385 e. The van der Waals surface area contributed by atoms with Gasteiger partial charge in [-0.2, -0.15) is 0 Å². The minimum atomic E-state index is -0.267. The average molecular weight is 227 g/mol. The number of rotatable bonds is 7. The van der Waals surface area contributed by atoms with Crippen molar-refractivity contribution in [2.75, 3.05) is 13.7 Å². The zero-order valence-corrected chi connectivity index (χ0v) is 10.4. The molecule has 0 heterocycles. The van der Waals surface area contributed by atoms with Gasteiger partial charge in [-0.3, -0.25) is 4.79 Å². The van der Waals surface area contributed by atoms with Crippen molar-refractivity contribution in [1.29, 1.82) is 0 Å². The molecule has 1 aliphatic rings. The van der Waals surface area contributed by atoms with Crippen LogP contribution in [0, 0.1) is 5.92 Å². The number of nitrogens with two attached hydrogens (primary N) is 1. The molecular weight excluding hydrogens is 202 g/mol. The van der Waals surface area contributed by atoms with Crippen LogP contribution in [0.25, 0.3) is 0 Å². The first-order valence-electron chi connectivity index (χ1n) is 6.51. The molecule has 1 rings (SSSR count). The molecule has 2 N–H and O–H groups in total. The van der Waals surface area contributed by atoms with Crippen molar-refractivity contribution in [3.63, 3.8) is 0 Å². The van der Waals surface area contributed by atoms with Gasteiger partial charge in [0.15, 0.2) is 0 Å². The van der Waals surface area contributed by atoms with E-state index >= 15 is 0 Å². The molecular formula is C13H25NO2. The first-order chi connectivity index (χ1) is 7.74. The molecule has 0 radical (unpaired) electrons. The van der Waals surface area contributed by atoms with E-state index in [1.807, 2.05) is 0 Å². The van der Waals surface area contributed by atoms with E-state index in [2.05, 4.69) is 0 Å². The van der Waals surface area contributed by atoms with Crippen LogP contribution in [0.3, 0.4) is 0 Å². The highest BCUT2D eigenvalue weighted by Crippen LogP contribution is 2.26. The summed E-state index contributed by atoms with van der Waals surface area (Å²) in [6.45, 7) is 0.699. The SMILES string of the molecule is COCCCC(N)C(=O)CC1CCCCC1. The minimum Gasteiger partial charge on any atom is -0.385 e. The van der Waals surface area contributed by atoms with Gasteiger partial charge in [-0.15, -0.1) is 0 Å². The highest BCUT2D eigenvalue weighted by atomic mass is 16.5. The van der Waals surface area contributed by atoms with Gasteiger partial charge in [-0.05, 0) is 18.8 Å². The van der Waals surface area contributed by atoms with Gasteiger partial charge in [0, 0.05) is 20.1 Å². The Hall–Kier alpha value is -0.410. The Labute approximate surface area is 98.7 Å². The summed E-state index contributed by atoms with van der Waals surface area (Å²) < 4.78 is 4.96. The van der Waals surface area contributed by atoms with Gasteiger partial charge < -0.3 is 10.5 Å². The molecule has 0 saturated heterocycles. The Bertz CT molecular complexity index is 200. The highest BCUT2D eigenvalue weighted by molar-refractivity contribution is 5.83. The molecule has 1 aliphatic carbocycles. The van der Waals surface area contributed by atoms with Crippen LogP contribution in [-0.2, 0) is 9.53 Å². The van der Waals surface area contributed by atoms with Crippen molar-refractivity contribution < 1.29 is 9.53 Å². The lowest BCUT2D eigenvalue weighted by Crippen LogP contribution is -2.32. The summed E-state index contributed by atoms with van der Waals surface area (Å²) in [5.74, 6) is 0.859. The zero-order valence-electron chi connectivity index (χ0n) is 10.4. The van der Waals surface area contributed by atoms with Crippen LogP contribution in [0.5, 0.6) is 0 Å². The molecule has 1 atom stereocenters. The molecule has 0 bridgehead atoms. The van der Waals surface area contributed by atoms with Crippen molar-refractivity contribution in [2.24, 2.45) is 11.7 Å². The fourth-order valence-electron chi connectivity index (χ4n) is 2.44. The molecule has 0 aromatic heterocycles. The smallest absolute Gasteiger partial charge is 0.149 e. The first-order valence-corrected chi connectivity index (χ1v) is 6.51. The maximum atomic E-state index is 11.8. The monoisotopic (exact) mass is 227 g/mol. The Morgan fingerprint density at radius 3 is 2.69 bits per heavy atom. The summed E-state index contributed by atoms with van der Waals surface area (Å²) in [5, 5.41) is 0. The molecule has 1 saturated carbocycles. The second kappa shape index (κ2) is 7.80. The molecule has 1 unspecified atom stereocenters. The third kappa shape index (κ3) is 5.08. The lowest BCUT2D eigenvalue weighted by Gasteiger charge is -2.22. The topological polar surface area (TPSA) is 52.3 Å². The summed E-state index contributed by atoms with van der Waals surface area (Å²) in [7, 11) is 1.68. The van der Waals surface area contributed by atoms with Crippen LogP contribution < -0.4 is 5.73 Å². The normalized spacial score (nSPS) is 19.6. The summed E-state index contributed by atoms with van der Waals surface area (Å²) in [6, 6.07) is -0.267. The third-order valence-corrected chi connectivity index (χ3v) is 3.49. The van der Waals surface area contributed by atoms with Crippen LogP contribution in [-0.4, -0.2) is 25.5 Å². The second-order valence-corrected chi connectivity index (χ2v) is 4.92. The summed E-state index contributed by atoms with van der Waals surface area (Å²) in [5.41, 5.74) is 5.87. The Kier molecular flexibility index (Phi) is 6.65. The van der Waals surface area contributed by atoms with Gasteiger partial charge in [-0.25, -0.2) is 0 Å². The maximum absolute atomic E-state index is 11.8. The minimum absolute atomic E-state index is 0.253. The highest BCUT2D eigenvalue weighted by Gasteiger charge is 2.20. The van der Waals surface area contributed by atoms with Crippen LogP contribution >= 0.6 is 0 Å². The molecule has 3 nitrogen and oxygen atoms in total. The molecule has 0 spiro atoms. The zero-order chi connectivity index (χ0) is 11.8. The quantitative estimate of drug-likeness (QED) is 0.679. The number of carbonyl (C=O) groups is 1. The first kappa shape index (κ1) is 13.7. The molecule has 16 heavy (non-hydrogen) atoms. The lowest BCUT2D eigenvalue weighted by molar-refractivity contribution is -0.121. The van der Waals surface area contributed by atoms with E-state index in [0.717, 1.165) is 12.8 Å². The number of hydrogen-bond donors (Lipinski definition) is 1. The average Bonchev–Trinajstić information content (AvgIpc) is 2.30.